The van der Waals surface area contributed by atoms with Gasteiger partial charge in [-0.3, -0.25) is 14.8 Å². The minimum atomic E-state index is -0.353. The summed E-state index contributed by atoms with van der Waals surface area (Å²) in [5, 5.41) is 2.57. The molecule has 3 N–H and O–H groups in total. The van der Waals surface area contributed by atoms with Crippen molar-refractivity contribution < 1.29 is 9.18 Å². The van der Waals surface area contributed by atoms with Crippen LogP contribution in [0.2, 0.25) is 0 Å². The predicted molar refractivity (Wildman–Crippen MR) is 120 cm³/mol. The van der Waals surface area contributed by atoms with Gasteiger partial charge in [-0.05, 0) is 61.7 Å². The summed E-state index contributed by atoms with van der Waals surface area (Å²) in [5.74, 6) is -0.607. The van der Waals surface area contributed by atoms with Crippen molar-refractivity contribution in [1.82, 2.24) is 10.3 Å². The molecule has 0 bridgehead atoms. The van der Waals surface area contributed by atoms with Gasteiger partial charge in [0.05, 0.1) is 16.9 Å². The van der Waals surface area contributed by atoms with Crippen LogP contribution in [0, 0.1) is 5.82 Å². The average molecular weight is 403 g/mol. The van der Waals surface area contributed by atoms with E-state index in [4.69, 9.17) is 5.73 Å². The van der Waals surface area contributed by atoms with Crippen LogP contribution in [0.3, 0.4) is 0 Å². The number of nitrogens with two attached hydrogens (primary N) is 1. The third-order valence-electron chi connectivity index (χ3n) is 4.84. The summed E-state index contributed by atoms with van der Waals surface area (Å²) in [6.45, 7) is 5.50. The SMILES string of the molecule is C=Nc1ccc(-c2cc(C(=O)NC)c(N)nc2-c2ccc(F)cc2)cc1/C(C)=N\C. The molecular weight excluding hydrogens is 381 g/mol. The maximum absolute atomic E-state index is 13.5. The van der Waals surface area contributed by atoms with Gasteiger partial charge in [0.25, 0.3) is 5.91 Å². The van der Waals surface area contributed by atoms with Crippen LogP contribution in [0.25, 0.3) is 22.4 Å². The molecule has 1 amide bonds. The third-order valence-corrected chi connectivity index (χ3v) is 4.84. The van der Waals surface area contributed by atoms with Gasteiger partial charge in [0.1, 0.15) is 11.6 Å². The molecule has 3 aromatic rings. The number of benzene rings is 2. The molecule has 0 saturated heterocycles. The van der Waals surface area contributed by atoms with Crippen LogP contribution >= 0.6 is 0 Å². The van der Waals surface area contributed by atoms with Gasteiger partial charge in [0.15, 0.2) is 0 Å². The molecule has 1 heterocycles. The lowest BCUT2D eigenvalue weighted by Crippen LogP contribution is -2.20. The van der Waals surface area contributed by atoms with Gasteiger partial charge in [0.2, 0.25) is 0 Å². The van der Waals surface area contributed by atoms with Crippen LogP contribution in [0.4, 0.5) is 15.9 Å². The smallest absolute Gasteiger partial charge is 0.254 e. The lowest BCUT2D eigenvalue weighted by molar-refractivity contribution is 0.0963. The maximum atomic E-state index is 13.5. The number of aliphatic imine (C=N–C) groups is 2. The van der Waals surface area contributed by atoms with Gasteiger partial charge in [0, 0.05) is 36.5 Å². The van der Waals surface area contributed by atoms with Gasteiger partial charge in [-0.15, -0.1) is 0 Å². The van der Waals surface area contributed by atoms with E-state index in [9.17, 15) is 9.18 Å². The van der Waals surface area contributed by atoms with E-state index in [0.29, 0.717) is 22.5 Å². The maximum Gasteiger partial charge on any atom is 0.254 e. The molecule has 0 saturated carbocycles. The second-order valence-corrected chi connectivity index (χ2v) is 6.60. The Bertz CT molecular complexity index is 1150. The van der Waals surface area contributed by atoms with Gasteiger partial charge in [-0.25, -0.2) is 9.37 Å². The first-order valence-electron chi connectivity index (χ1n) is 9.23. The Morgan fingerprint density at radius 1 is 1.10 bits per heavy atom. The fraction of sp³-hybridized carbons (Fsp3) is 0.130. The highest BCUT2D eigenvalue weighted by atomic mass is 19.1. The van der Waals surface area contributed by atoms with Crippen molar-refractivity contribution >= 4 is 29.8 Å². The van der Waals surface area contributed by atoms with Crippen molar-refractivity contribution in [1.29, 1.82) is 0 Å². The Hall–Kier alpha value is -3.87. The highest BCUT2D eigenvalue weighted by Gasteiger charge is 2.18. The molecule has 0 spiro atoms. The summed E-state index contributed by atoms with van der Waals surface area (Å²) in [4.78, 5) is 25.1. The van der Waals surface area contributed by atoms with Crippen molar-refractivity contribution in [2.24, 2.45) is 9.98 Å². The molecule has 3 rings (SSSR count). The van der Waals surface area contributed by atoms with E-state index in [0.717, 1.165) is 16.8 Å². The highest BCUT2D eigenvalue weighted by molar-refractivity contribution is 6.05. The summed E-state index contributed by atoms with van der Waals surface area (Å²) < 4.78 is 13.5. The standard InChI is InChI=1S/C23H22FN5O/c1-13(26-2)17-11-15(7-10-20(17)27-3)18-12-19(23(30)28-4)22(25)29-21(18)14-5-8-16(24)9-6-14/h5-12H,3H2,1-2,4H3,(H2,25,29)(H,28,30)/b26-13-. The molecule has 152 valence electrons. The fourth-order valence-electron chi connectivity index (χ4n) is 3.14. The van der Waals surface area contributed by atoms with E-state index in [1.165, 1.54) is 19.2 Å². The number of amides is 1. The Kier molecular flexibility index (Phi) is 6.01. The predicted octanol–water partition coefficient (Wildman–Crippen LogP) is 4.27. The molecule has 2 aromatic carbocycles. The van der Waals surface area contributed by atoms with Gasteiger partial charge >= 0.3 is 0 Å². The minimum Gasteiger partial charge on any atom is -0.383 e. The minimum absolute atomic E-state index is 0.0910. The number of anilines is 1. The zero-order chi connectivity index (χ0) is 21.8. The first-order chi connectivity index (χ1) is 14.4. The number of carbonyl (C=O) groups excluding carboxylic acids is 1. The molecule has 0 atom stereocenters. The number of nitrogen functional groups attached to an aromatic ring is 1. The van der Waals surface area contributed by atoms with E-state index >= 15 is 0 Å². The first kappa shape index (κ1) is 20.9. The summed E-state index contributed by atoms with van der Waals surface area (Å²) in [5.41, 5.74) is 11.3. The Labute approximate surface area is 174 Å². The van der Waals surface area contributed by atoms with Gasteiger partial charge in [-0.1, -0.05) is 6.07 Å². The molecular formula is C23H22FN5O. The number of nitrogens with zero attached hydrogens (tertiary/aromatic N) is 3. The van der Waals surface area contributed by atoms with Gasteiger partial charge in [-0.2, -0.15) is 0 Å². The second kappa shape index (κ2) is 8.65. The monoisotopic (exact) mass is 403 g/mol. The summed E-state index contributed by atoms with van der Waals surface area (Å²) in [6.07, 6.45) is 0. The van der Waals surface area contributed by atoms with E-state index in [1.54, 1.807) is 25.2 Å². The Balaban J connectivity index is 2.32. The molecule has 0 fully saturated rings. The lowest BCUT2D eigenvalue weighted by Gasteiger charge is -2.15. The largest absolute Gasteiger partial charge is 0.383 e. The van der Waals surface area contributed by atoms with E-state index < -0.39 is 0 Å². The molecule has 0 aliphatic rings. The van der Waals surface area contributed by atoms with E-state index in [2.05, 4.69) is 27.0 Å². The van der Waals surface area contributed by atoms with Crippen LogP contribution in [-0.2, 0) is 0 Å². The molecule has 1 aromatic heterocycles. The number of rotatable bonds is 5. The van der Waals surface area contributed by atoms with Crippen molar-refractivity contribution in [2.75, 3.05) is 19.8 Å². The zero-order valence-electron chi connectivity index (χ0n) is 17.0. The summed E-state index contributed by atoms with van der Waals surface area (Å²) in [7, 11) is 3.23. The van der Waals surface area contributed by atoms with Crippen molar-refractivity contribution in [3.05, 3.63) is 65.5 Å². The molecule has 30 heavy (non-hydrogen) atoms. The number of hydrogen-bond donors (Lipinski definition) is 2. The van der Waals surface area contributed by atoms with Crippen LogP contribution in [0.1, 0.15) is 22.8 Å². The average Bonchev–Trinajstić information content (AvgIpc) is 2.78. The van der Waals surface area contributed by atoms with Crippen molar-refractivity contribution in [2.45, 2.75) is 6.92 Å². The number of nitrogens with one attached hydrogen (secondary N) is 1. The third kappa shape index (κ3) is 3.96. The van der Waals surface area contributed by atoms with Crippen LogP contribution < -0.4 is 11.1 Å². The molecule has 0 unspecified atom stereocenters. The highest BCUT2D eigenvalue weighted by Crippen LogP contribution is 2.35. The lowest BCUT2D eigenvalue weighted by atomic mass is 9.94. The van der Waals surface area contributed by atoms with E-state index in [-0.39, 0.29) is 23.1 Å². The Morgan fingerprint density at radius 2 is 1.77 bits per heavy atom. The van der Waals surface area contributed by atoms with Crippen LogP contribution in [0.5, 0.6) is 0 Å². The molecule has 7 heteroatoms. The second-order valence-electron chi connectivity index (χ2n) is 6.60. The quantitative estimate of drug-likeness (QED) is 0.623. The topological polar surface area (TPSA) is 92.7 Å². The number of hydrogen-bond acceptors (Lipinski definition) is 5. The Morgan fingerprint density at radius 3 is 2.37 bits per heavy atom. The number of aromatic nitrogens is 1. The van der Waals surface area contributed by atoms with Crippen LogP contribution in [0.15, 0.2) is 58.5 Å². The molecule has 0 aliphatic carbocycles. The summed E-state index contributed by atoms with van der Waals surface area (Å²) in [6, 6.07) is 13.3. The number of halogens is 1. The number of pyridine rings is 1. The van der Waals surface area contributed by atoms with Crippen LogP contribution in [-0.4, -0.2) is 37.4 Å². The first-order valence-corrected chi connectivity index (χ1v) is 9.23. The molecule has 0 radical (unpaired) electrons. The molecule has 6 nitrogen and oxygen atoms in total. The number of carbonyl (C=O) groups is 1. The zero-order valence-corrected chi connectivity index (χ0v) is 17.0. The summed E-state index contributed by atoms with van der Waals surface area (Å²) >= 11 is 0. The normalized spacial score (nSPS) is 11.3. The van der Waals surface area contributed by atoms with Gasteiger partial charge < -0.3 is 11.1 Å². The fourth-order valence-corrected chi connectivity index (χ4v) is 3.14. The van der Waals surface area contributed by atoms with E-state index in [1.807, 2.05) is 25.1 Å². The van der Waals surface area contributed by atoms with Crippen molar-refractivity contribution in [3.8, 4) is 22.4 Å². The van der Waals surface area contributed by atoms with Crippen molar-refractivity contribution in [3.63, 3.8) is 0 Å². The molecule has 0 aliphatic heterocycles.